The molecule has 2 heterocycles. The number of H-pyrrole nitrogens is 1. The van der Waals surface area contributed by atoms with Crippen LogP contribution >= 0.6 is 0 Å². The summed E-state index contributed by atoms with van der Waals surface area (Å²) in [6, 6.07) is 6.92. The number of rotatable bonds is 2. The van der Waals surface area contributed by atoms with Crippen molar-refractivity contribution in [2.75, 3.05) is 6.61 Å². The summed E-state index contributed by atoms with van der Waals surface area (Å²) in [5.41, 5.74) is 0.278. The number of carbonyl (C=O) groups is 1. The Morgan fingerprint density at radius 2 is 2.21 bits per heavy atom. The largest absolute Gasteiger partial charge is 0.462 e. The number of hydrogen-bond donors (Lipinski definition) is 1. The first kappa shape index (κ1) is 11.4. The fourth-order valence-corrected chi connectivity index (χ4v) is 2.02. The monoisotopic (exact) mass is 258 g/mol. The van der Waals surface area contributed by atoms with Crippen molar-refractivity contribution in [1.29, 1.82) is 0 Å². The average Bonchev–Trinajstić information content (AvgIpc) is 2.88. The van der Waals surface area contributed by atoms with E-state index in [0.717, 1.165) is 0 Å². The zero-order valence-corrected chi connectivity index (χ0v) is 10.1. The molecule has 0 saturated heterocycles. The first-order valence-corrected chi connectivity index (χ1v) is 5.75. The third-order valence-corrected chi connectivity index (χ3v) is 2.82. The van der Waals surface area contributed by atoms with E-state index in [1.165, 1.54) is 4.52 Å². The SMILES string of the molecule is CCOC(=O)c1c(=O)c2ccccc2n2[nH]nnc12. The fraction of sp³-hybridized carbons (Fsp3) is 0.167. The maximum Gasteiger partial charge on any atom is 0.346 e. The van der Waals surface area contributed by atoms with Gasteiger partial charge in [0.25, 0.3) is 0 Å². The number of pyridine rings is 1. The van der Waals surface area contributed by atoms with E-state index in [1.54, 1.807) is 31.2 Å². The van der Waals surface area contributed by atoms with Crippen LogP contribution in [0.25, 0.3) is 16.6 Å². The van der Waals surface area contributed by atoms with Crippen molar-refractivity contribution in [3.8, 4) is 0 Å². The molecule has 96 valence electrons. The molecular formula is C12H10N4O3. The average molecular weight is 258 g/mol. The van der Waals surface area contributed by atoms with Crippen LogP contribution in [0.5, 0.6) is 0 Å². The number of nitrogens with zero attached hydrogens (tertiary/aromatic N) is 3. The van der Waals surface area contributed by atoms with E-state index < -0.39 is 11.4 Å². The molecule has 19 heavy (non-hydrogen) atoms. The third kappa shape index (κ3) is 1.59. The molecule has 0 unspecified atom stereocenters. The molecule has 0 aliphatic heterocycles. The van der Waals surface area contributed by atoms with Crippen molar-refractivity contribution >= 4 is 22.5 Å². The standard InChI is InChI=1S/C12H10N4O3/c1-2-19-12(18)9-10(17)7-5-3-4-6-8(7)16-11(9)13-14-15-16/h3-6H,2H2,1H3,(H,13,15). The lowest BCUT2D eigenvalue weighted by molar-refractivity contribution is 0.0526. The van der Waals surface area contributed by atoms with Crippen LogP contribution in [0, 0.1) is 0 Å². The summed E-state index contributed by atoms with van der Waals surface area (Å²) in [5.74, 6) is -0.690. The Morgan fingerprint density at radius 1 is 1.42 bits per heavy atom. The number of benzene rings is 1. The van der Waals surface area contributed by atoms with Gasteiger partial charge in [0.1, 0.15) is 0 Å². The third-order valence-electron chi connectivity index (χ3n) is 2.82. The molecule has 1 N–H and O–H groups in total. The number of para-hydroxylation sites is 1. The number of hydrogen-bond acceptors (Lipinski definition) is 5. The van der Waals surface area contributed by atoms with E-state index >= 15 is 0 Å². The molecule has 0 saturated carbocycles. The van der Waals surface area contributed by atoms with Crippen LogP contribution in [0.15, 0.2) is 29.1 Å². The maximum atomic E-state index is 12.4. The minimum atomic E-state index is -0.690. The van der Waals surface area contributed by atoms with Gasteiger partial charge in [0.05, 0.1) is 12.1 Å². The fourth-order valence-electron chi connectivity index (χ4n) is 2.02. The van der Waals surface area contributed by atoms with Crippen LogP contribution < -0.4 is 5.43 Å². The van der Waals surface area contributed by atoms with E-state index in [4.69, 9.17) is 4.74 Å². The van der Waals surface area contributed by atoms with Crippen LogP contribution in [-0.2, 0) is 4.74 Å². The van der Waals surface area contributed by atoms with Crippen molar-refractivity contribution in [2.45, 2.75) is 6.92 Å². The van der Waals surface area contributed by atoms with Gasteiger partial charge in [0.2, 0.25) is 5.43 Å². The summed E-state index contributed by atoms with van der Waals surface area (Å²) >= 11 is 0. The van der Waals surface area contributed by atoms with Gasteiger partial charge in [-0.05, 0) is 19.1 Å². The van der Waals surface area contributed by atoms with Gasteiger partial charge in [0, 0.05) is 5.39 Å². The van der Waals surface area contributed by atoms with Crippen LogP contribution in [0.3, 0.4) is 0 Å². The minimum absolute atomic E-state index is 0.102. The van der Waals surface area contributed by atoms with Gasteiger partial charge in [-0.2, -0.15) is 5.21 Å². The smallest absolute Gasteiger partial charge is 0.346 e. The summed E-state index contributed by atoms with van der Waals surface area (Å²) in [5, 5.41) is 10.5. The number of nitrogens with one attached hydrogen (secondary N) is 1. The van der Waals surface area contributed by atoms with E-state index in [2.05, 4.69) is 15.5 Å². The molecule has 0 atom stereocenters. The van der Waals surface area contributed by atoms with Gasteiger partial charge < -0.3 is 4.74 Å². The quantitative estimate of drug-likeness (QED) is 0.685. The molecule has 0 bridgehead atoms. The number of tetrazole rings is 1. The predicted octanol–water partition coefficient (Wildman–Crippen LogP) is 0.747. The lowest BCUT2D eigenvalue weighted by Gasteiger charge is -2.05. The van der Waals surface area contributed by atoms with E-state index in [-0.39, 0.29) is 17.8 Å². The van der Waals surface area contributed by atoms with Crippen molar-refractivity contribution in [1.82, 2.24) is 20.0 Å². The topological polar surface area (TPSA) is 89.4 Å². The molecule has 7 heteroatoms. The molecular weight excluding hydrogens is 248 g/mol. The molecule has 0 spiro atoms. The van der Waals surface area contributed by atoms with Crippen molar-refractivity contribution < 1.29 is 9.53 Å². The van der Waals surface area contributed by atoms with Crippen LogP contribution in [0.2, 0.25) is 0 Å². The maximum absolute atomic E-state index is 12.4. The van der Waals surface area contributed by atoms with Crippen LogP contribution in [0.4, 0.5) is 0 Å². The normalized spacial score (nSPS) is 11.0. The molecule has 3 rings (SSSR count). The van der Waals surface area contributed by atoms with Crippen LogP contribution in [-0.4, -0.2) is 32.6 Å². The second-order valence-electron chi connectivity index (χ2n) is 3.90. The summed E-state index contributed by atoms with van der Waals surface area (Å²) < 4.78 is 6.39. The van der Waals surface area contributed by atoms with E-state index in [0.29, 0.717) is 10.9 Å². The molecule has 0 fully saturated rings. The zero-order valence-electron chi connectivity index (χ0n) is 10.1. The highest BCUT2D eigenvalue weighted by molar-refractivity contribution is 6.00. The predicted molar refractivity (Wildman–Crippen MR) is 67.1 cm³/mol. The first-order chi connectivity index (χ1) is 9.24. The number of aromatic amines is 1. The lowest BCUT2D eigenvalue weighted by atomic mass is 10.1. The second kappa shape index (κ2) is 4.20. The van der Waals surface area contributed by atoms with Gasteiger partial charge in [-0.1, -0.05) is 17.3 Å². The highest BCUT2D eigenvalue weighted by Crippen LogP contribution is 2.14. The minimum Gasteiger partial charge on any atom is -0.462 e. The Bertz CT molecular complexity index is 834. The summed E-state index contributed by atoms with van der Waals surface area (Å²) in [4.78, 5) is 24.3. The number of aromatic nitrogens is 4. The summed E-state index contributed by atoms with van der Waals surface area (Å²) in [7, 11) is 0. The van der Waals surface area contributed by atoms with E-state index in [1.807, 2.05) is 0 Å². The van der Waals surface area contributed by atoms with Crippen LogP contribution in [0.1, 0.15) is 17.3 Å². The molecule has 0 amide bonds. The van der Waals surface area contributed by atoms with Gasteiger partial charge in [-0.25, -0.2) is 9.31 Å². The number of esters is 1. The van der Waals surface area contributed by atoms with Crippen molar-refractivity contribution in [2.24, 2.45) is 0 Å². The number of carbonyl (C=O) groups excluding carboxylic acids is 1. The summed E-state index contributed by atoms with van der Waals surface area (Å²) in [6.07, 6.45) is 0. The molecule has 1 aromatic carbocycles. The Kier molecular flexibility index (Phi) is 2.52. The van der Waals surface area contributed by atoms with Gasteiger partial charge >= 0.3 is 5.97 Å². The molecule has 3 aromatic rings. The van der Waals surface area contributed by atoms with Gasteiger partial charge in [-0.3, -0.25) is 4.79 Å². The van der Waals surface area contributed by atoms with Crippen molar-refractivity contribution in [3.63, 3.8) is 0 Å². The molecule has 2 aromatic heterocycles. The highest BCUT2D eigenvalue weighted by atomic mass is 16.5. The number of ether oxygens (including phenoxy) is 1. The number of fused-ring (bicyclic) bond motifs is 3. The Morgan fingerprint density at radius 3 is 3.00 bits per heavy atom. The molecule has 0 radical (unpaired) electrons. The first-order valence-electron chi connectivity index (χ1n) is 5.75. The molecule has 0 aliphatic carbocycles. The Labute approximate surface area is 106 Å². The Balaban J connectivity index is 2.48. The van der Waals surface area contributed by atoms with Gasteiger partial charge in [-0.15, -0.1) is 5.10 Å². The Hall–Kier alpha value is -2.70. The zero-order chi connectivity index (χ0) is 13.4. The van der Waals surface area contributed by atoms with Gasteiger partial charge in [0.15, 0.2) is 11.2 Å². The second-order valence-corrected chi connectivity index (χ2v) is 3.90. The summed E-state index contributed by atoms with van der Waals surface area (Å²) in [6.45, 7) is 1.87. The highest BCUT2D eigenvalue weighted by Gasteiger charge is 2.21. The van der Waals surface area contributed by atoms with E-state index in [9.17, 15) is 9.59 Å². The van der Waals surface area contributed by atoms with Crippen molar-refractivity contribution in [3.05, 3.63) is 40.1 Å². The lowest BCUT2D eigenvalue weighted by Crippen LogP contribution is -2.20. The molecule has 7 nitrogen and oxygen atoms in total. The molecule has 0 aliphatic rings.